The molecule has 130 valence electrons. The number of nitrogens with zero attached hydrogens (tertiary/aromatic N) is 1. The predicted molar refractivity (Wildman–Crippen MR) is 90.4 cm³/mol. The summed E-state index contributed by atoms with van der Waals surface area (Å²) >= 11 is 6.04. The molecule has 0 radical (unpaired) electrons. The maximum atomic E-state index is 14.8. The highest BCUT2D eigenvalue weighted by Gasteiger charge is 2.25. The highest BCUT2D eigenvalue weighted by Crippen LogP contribution is 2.30. The van der Waals surface area contributed by atoms with Crippen molar-refractivity contribution in [3.05, 3.63) is 51.9 Å². The SMILES string of the molecule is CC[C@@H](N)c1ccc(Cl)c(C(=O)c2ccc3c(n2)NC(=O)CO3)c1F. The Morgan fingerprint density at radius 3 is 2.92 bits per heavy atom. The Kier molecular flexibility index (Phi) is 4.69. The van der Waals surface area contributed by atoms with Gasteiger partial charge in [-0.05, 0) is 24.6 Å². The van der Waals surface area contributed by atoms with Crippen LogP contribution in [0, 0.1) is 5.82 Å². The van der Waals surface area contributed by atoms with Crippen LogP contribution < -0.4 is 15.8 Å². The fourth-order valence-electron chi connectivity index (χ4n) is 2.50. The van der Waals surface area contributed by atoms with Crippen LogP contribution in [-0.4, -0.2) is 23.3 Å². The summed E-state index contributed by atoms with van der Waals surface area (Å²) in [5, 5.41) is 2.47. The molecular formula is C17H15ClFN3O3. The molecule has 0 aliphatic carbocycles. The molecule has 1 aliphatic heterocycles. The Morgan fingerprint density at radius 2 is 2.20 bits per heavy atom. The van der Waals surface area contributed by atoms with Crippen molar-refractivity contribution in [3.63, 3.8) is 0 Å². The first-order valence-electron chi connectivity index (χ1n) is 7.64. The minimum absolute atomic E-state index is 0.0330. The van der Waals surface area contributed by atoms with Crippen LogP contribution in [0.3, 0.4) is 0 Å². The smallest absolute Gasteiger partial charge is 0.263 e. The number of nitrogens with two attached hydrogens (primary N) is 1. The van der Waals surface area contributed by atoms with Gasteiger partial charge in [0, 0.05) is 11.6 Å². The highest BCUT2D eigenvalue weighted by molar-refractivity contribution is 6.35. The first-order chi connectivity index (χ1) is 11.9. The number of rotatable bonds is 4. The van der Waals surface area contributed by atoms with E-state index in [2.05, 4.69) is 10.3 Å². The summed E-state index contributed by atoms with van der Waals surface area (Å²) in [6, 6.07) is 5.24. The summed E-state index contributed by atoms with van der Waals surface area (Å²) in [7, 11) is 0. The van der Waals surface area contributed by atoms with E-state index < -0.39 is 17.6 Å². The standard InChI is InChI=1S/C17H15ClFN3O3/c1-2-10(20)8-3-4-9(18)14(15(8)19)16(24)11-5-6-12-17(21-11)22-13(23)7-25-12/h3-6,10H,2,7,20H2,1H3,(H,21,22,23)/t10-/m1/s1. The summed E-state index contributed by atoms with van der Waals surface area (Å²) < 4.78 is 20.0. The van der Waals surface area contributed by atoms with Crippen LogP contribution in [0.15, 0.2) is 24.3 Å². The Hall–Kier alpha value is -2.51. The molecule has 2 aromatic rings. The average molecular weight is 364 g/mol. The molecule has 6 nitrogen and oxygen atoms in total. The zero-order valence-electron chi connectivity index (χ0n) is 13.3. The van der Waals surface area contributed by atoms with Crippen LogP contribution >= 0.6 is 11.6 Å². The van der Waals surface area contributed by atoms with Crippen LogP contribution in [0.25, 0.3) is 0 Å². The number of aromatic nitrogens is 1. The molecule has 0 unspecified atom stereocenters. The number of hydrogen-bond donors (Lipinski definition) is 2. The first-order valence-corrected chi connectivity index (χ1v) is 8.02. The minimum Gasteiger partial charge on any atom is -0.480 e. The van der Waals surface area contributed by atoms with Gasteiger partial charge >= 0.3 is 0 Å². The maximum absolute atomic E-state index is 14.8. The van der Waals surface area contributed by atoms with E-state index in [1.165, 1.54) is 24.3 Å². The number of ketones is 1. The molecule has 8 heteroatoms. The normalized spacial score (nSPS) is 14.3. The number of nitrogens with one attached hydrogen (secondary N) is 1. The second-order valence-electron chi connectivity index (χ2n) is 5.55. The molecule has 1 aromatic carbocycles. The van der Waals surface area contributed by atoms with Crippen LogP contribution in [0.2, 0.25) is 5.02 Å². The third-order valence-electron chi connectivity index (χ3n) is 3.89. The molecule has 1 amide bonds. The topological polar surface area (TPSA) is 94.3 Å². The summed E-state index contributed by atoms with van der Waals surface area (Å²) in [4.78, 5) is 28.2. The number of hydrogen-bond acceptors (Lipinski definition) is 5. The molecule has 1 aromatic heterocycles. The van der Waals surface area contributed by atoms with Gasteiger partial charge in [0.25, 0.3) is 5.91 Å². The Labute approximate surface area is 148 Å². The molecule has 3 N–H and O–H groups in total. The number of amides is 1. The molecule has 0 saturated carbocycles. The van der Waals surface area contributed by atoms with Crippen molar-refractivity contribution >= 4 is 29.1 Å². The van der Waals surface area contributed by atoms with Gasteiger partial charge in [-0.25, -0.2) is 9.37 Å². The Morgan fingerprint density at radius 1 is 1.44 bits per heavy atom. The van der Waals surface area contributed by atoms with Gasteiger partial charge < -0.3 is 15.8 Å². The lowest BCUT2D eigenvalue weighted by Gasteiger charge is -2.18. The minimum atomic E-state index is -0.758. The lowest BCUT2D eigenvalue weighted by Crippen LogP contribution is -2.26. The molecule has 2 heterocycles. The van der Waals surface area contributed by atoms with Crippen molar-refractivity contribution in [1.29, 1.82) is 0 Å². The van der Waals surface area contributed by atoms with Gasteiger partial charge in [-0.15, -0.1) is 0 Å². The van der Waals surface area contributed by atoms with E-state index in [0.717, 1.165) is 0 Å². The number of carbonyl (C=O) groups is 2. The summed E-state index contributed by atoms with van der Waals surface area (Å²) in [6.45, 7) is 1.69. The third kappa shape index (κ3) is 3.20. The molecule has 3 rings (SSSR count). The van der Waals surface area contributed by atoms with Crippen LogP contribution in [0.5, 0.6) is 5.75 Å². The molecule has 1 aliphatic rings. The average Bonchev–Trinajstić information content (AvgIpc) is 2.60. The van der Waals surface area contributed by atoms with Crippen LogP contribution in [0.1, 0.15) is 41.0 Å². The van der Waals surface area contributed by atoms with E-state index in [1.807, 2.05) is 6.92 Å². The van der Waals surface area contributed by atoms with Crippen molar-refractivity contribution in [3.8, 4) is 5.75 Å². The van der Waals surface area contributed by atoms with E-state index in [4.69, 9.17) is 22.1 Å². The van der Waals surface area contributed by atoms with Gasteiger partial charge in [-0.2, -0.15) is 0 Å². The largest absolute Gasteiger partial charge is 0.480 e. The second-order valence-corrected chi connectivity index (χ2v) is 5.96. The number of ether oxygens (including phenoxy) is 1. The number of carbonyl (C=O) groups excluding carboxylic acids is 2. The maximum Gasteiger partial charge on any atom is 0.263 e. The summed E-state index contributed by atoms with van der Waals surface area (Å²) in [5.41, 5.74) is 5.74. The monoisotopic (exact) mass is 363 g/mol. The second kappa shape index (κ2) is 6.78. The van der Waals surface area contributed by atoms with Crippen LogP contribution in [-0.2, 0) is 4.79 Å². The number of benzene rings is 1. The van der Waals surface area contributed by atoms with Gasteiger partial charge in [0.05, 0.1) is 10.6 Å². The van der Waals surface area contributed by atoms with E-state index in [1.54, 1.807) is 0 Å². The number of pyridine rings is 1. The Bertz CT molecular complexity index is 872. The molecule has 0 spiro atoms. The molecule has 0 saturated heterocycles. The zero-order valence-corrected chi connectivity index (χ0v) is 14.1. The molecule has 1 atom stereocenters. The Balaban J connectivity index is 2.04. The summed E-state index contributed by atoms with van der Waals surface area (Å²) in [5.74, 6) is -1.39. The van der Waals surface area contributed by atoms with Crippen LogP contribution in [0.4, 0.5) is 10.2 Å². The first kappa shape index (κ1) is 17.3. The number of halogens is 2. The molecule has 0 fully saturated rings. The molecule has 25 heavy (non-hydrogen) atoms. The van der Waals surface area contributed by atoms with Crippen molar-refractivity contribution < 1.29 is 18.7 Å². The van der Waals surface area contributed by atoms with Gasteiger partial charge in [0.2, 0.25) is 5.78 Å². The van der Waals surface area contributed by atoms with Gasteiger partial charge in [0.15, 0.2) is 18.2 Å². The quantitative estimate of drug-likeness (QED) is 0.814. The highest BCUT2D eigenvalue weighted by atomic mass is 35.5. The van der Waals surface area contributed by atoms with Gasteiger partial charge in [-0.1, -0.05) is 24.6 Å². The van der Waals surface area contributed by atoms with E-state index in [-0.39, 0.29) is 40.2 Å². The van der Waals surface area contributed by atoms with Crippen molar-refractivity contribution in [1.82, 2.24) is 4.98 Å². The van der Waals surface area contributed by atoms with E-state index in [0.29, 0.717) is 12.2 Å². The van der Waals surface area contributed by atoms with Gasteiger partial charge in [-0.3, -0.25) is 9.59 Å². The van der Waals surface area contributed by atoms with Crippen molar-refractivity contribution in [2.24, 2.45) is 5.73 Å². The van der Waals surface area contributed by atoms with E-state index >= 15 is 0 Å². The number of anilines is 1. The zero-order chi connectivity index (χ0) is 18.1. The predicted octanol–water partition coefficient (Wildman–Crippen LogP) is 2.85. The van der Waals surface area contributed by atoms with Gasteiger partial charge in [0.1, 0.15) is 11.5 Å². The number of fused-ring (bicyclic) bond motifs is 1. The lowest BCUT2D eigenvalue weighted by molar-refractivity contribution is -0.118. The third-order valence-corrected chi connectivity index (χ3v) is 4.21. The fraction of sp³-hybridized carbons (Fsp3) is 0.235. The van der Waals surface area contributed by atoms with Crippen molar-refractivity contribution in [2.45, 2.75) is 19.4 Å². The fourth-order valence-corrected chi connectivity index (χ4v) is 2.73. The van der Waals surface area contributed by atoms with E-state index in [9.17, 15) is 14.0 Å². The molecule has 0 bridgehead atoms. The van der Waals surface area contributed by atoms with Crippen molar-refractivity contribution in [2.75, 3.05) is 11.9 Å². The lowest BCUT2D eigenvalue weighted by atomic mass is 9.98. The molecular weight excluding hydrogens is 349 g/mol. The summed E-state index contributed by atoms with van der Waals surface area (Å²) in [6.07, 6.45) is 0.507.